The van der Waals surface area contributed by atoms with Gasteiger partial charge in [0.05, 0.1) is 6.61 Å². The first-order valence-electron chi connectivity index (χ1n) is 5.71. The van der Waals surface area contributed by atoms with Gasteiger partial charge in [0.15, 0.2) is 6.29 Å². The largest absolute Gasteiger partial charge is 0.494 e. The standard InChI is InChI=1S/C13H20O4/c1-4-9-16-11-5-7-12(8-6-11)17-10-13(14-2)15-3/h5-8,13H,4,9-10H2,1-3H3. The maximum absolute atomic E-state index is 5.50. The fraction of sp³-hybridized carbons (Fsp3) is 0.538. The van der Waals surface area contributed by atoms with E-state index >= 15 is 0 Å². The number of hydrogen-bond acceptors (Lipinski definition) is 4. The van der Waals surface area contributed by atoms with Crippen LogP contribution in [0.15, 0.2) is 24.3 Å². The van der Waals surface area contributed by atoms with E-state index in [4.69, 9.17) is 18.9 Å². The van der Waals surface area contributed by atoms with Crippen LogP contribution in [0.5, 0.6) is 11.5 Å². The van der Waals surface area contributed by atoms with Crippen LogP contribution in [0.1, 0.15) is 13.3 Å². The molecule has 0 aromatic heterocycles. The normalized spacial score (nSPS) is 10.6. The topological polar surface area (TPSA) is 36.9 Å². The Kier molecular flexibility index (Phi) is 6.43. The molecule has 0 aliphatic carbocycles. The van der Waals surface area contributed by atoms with Gasteiger partial charge in [-0.05, 0) is 30.7 Å². The Morgan fingerprint density at radius 3 is 1.94 bits per heavy atom. The van der Waals surface area contributed by atoms with Crippen LogP contribution in [0.2, 0.25) is 0 Å². The van der Waals surface area contributed by atoms with Gasteiger partial charge in [0.1, 0.15) is 18.1 Å². The van der Waals surface area contributed by atoms with E-state index in [1.54, 1.807) is 14.2 Å². The first kappa shape index (κ1) is 13.8. The summed E-state index contributed by atoms with van der Waals surface area (Å²) in [6.07, 6.45) is 0.660. The summed E-state index contributed by atoms with van der Waals surface area (Å²) in [7, 11) is 3.17. The molecule has 0 fully saturated rings. The van der Waals surface area contributed by atoms with Crippen molar-refractivity contribution in [3.63, 3.8) is 0 Å². The SMILES string of the molecule is CCCOc1ccc(OCC(OC)OC)cc1. The summed E-state index contributed by atoms with van der Waals surface area (Å²) < 4.78 is 21.0. The quantitative estimate of drug-likeness (QED) is 0.654. The van der Waals surface area contributed by atoms with Crippen LogP contribution in [0, 0.1) is 0 Å². The van der Waals surface area contributed by atoms with Gasteiger partial charge in [0, 0.05) is 14.2 Å². The lowest BCUT2D eigenvalue weighted by Gasteiger charge is -2.14. The van der Waals surface area contributed by atoms with Crippen molar-refractivity contribution in [3.05, 3.63) is 24.3 Å². The molecule has 17 heavy (non-hydrogen) atoms. The van der Waals surface area contributed by atoms with E-state index in [0.29, 0.717) is 6.61 Å². The second-order valence-corrected chi connectivity index (χ2v) is 3.53. The maximum Gasteiger partial charge on any atom is 0.191 e. The lowest BCUT2D eigenvalue weighted by Crippen LogP contribution is -2.21. The van der Waals surface area contributed by atoms with Crippen molar-refractivity contribution in [2.24, 2.45) is 0 Å². The Balaban J connectivity index is 2.39. The second-order valence-electron chi connectivity index (χ2n) is 3.53. The molecule has 0 heterocycles. The highest BCUT2D eigenvalue weighted by molar-refractivity contribution is 5.31. The molecule has 0 aliphatic heterocycles. The third-order valence-electron chi connectivity index (χ3n) is 2.21. The number of ether oxygens (including phenoxy) is 4. The number of hydrogen-bond donors (Lipinski definition) is 0. The van der Waals surface area contributed by atoms with E-state index < -0.39 is 0 Å². The molecule has 0 radical (unpaired) electrons. The lowest BCUT2D eigenvalue weighted by atomic mass is 10.3. The maximum atomic E-state index is 5.50. The van der Waals surface area contributed by atoms with Gasteiger partial charge in [-0.25, -0.2) is 0 Å². The molecular formula is C13H20O4. The fourth-order valence-corrected chi connectivity index (χ4v) is 1.25. The van der Waals surface area contributed by atoms with Gasteiger partial charge in [-0.15, -0.1) is 0 Å². The molecule has 0 saturated heterocycles. The molecule has 0 aliphatic rings. The van der Waals surface area contributed by atoms with E-state index in [0.717, 1.165) is 24.5 Å². The van der Waals surface area contributed by atoms with Crippen molar-refractivity contribution < 1.29 is 18.9 Å². The minimum absolute atomic E-state index is 0.342. The predicted octanol–water partition coefficient (Wildman–Crippen LogP) is 2.47. The molecule has 0 saturated carbocycles. The van der Waals surface area contributed by atoms with E-state index in [2.05, 4.69) is 6.92 Å². The van der Waals surface area contributed by atoms with Crippen LogP contribution in [0.3, 0.4) is 0 Å². The summed E-state index contributed by atoms with van der Waals surface area (Å²) >= 11 is 0. The summed E-state index contributed by atoms with van der Waals surface area (Å²) in [4.78, 5) is 0. The molecule has 1 aromatic rings. The Hall–Kier alpha value is -1.26. The van der Waals surface area contributed by atoms with Crippen molar-refractivity contribution in [1.82, 2.24) is 0 Å². The molecule has 0 amide bonds. The van der Waals surface area contributed by atoms with Gasteiger partial charge in [0.25, 0.3) is 0 Å². The van der Waals surface area contributed by atoms with Crippen molar-refractivity contribution in [3.8, 4) is 11.5 Å². The molecule has 96 valence electrons. The van der Waals surface area contributed by atoms with Gasteiger partial charge in [-0.2, -0.15) is 0 Å². The van der Waals surface area contributed by atoms with Gasteiger partial charge in [-0.1, -0.05) is 6.92 Å². The molecule has 1 rings (SSSR count). The van der Waals surface area contributed by atoms with E-state index in [9.17, 15) is 0 Å². The third-order valence-corrected chi connectivity index (χ3v) is 2.21. The van der Waals surface area contributed by atoms with Gasteiger partial charge < -0.3 is 18.9 Å². The summed E-state index contributed by atoms with van der Waals surface area (Å²) in [6.45, 7) is 3.17. The fourth-order valence-electron chi connectivity index (χ4n) is 1.25. The zero-order valence-corrected chi connectivity index (χ0v) is 10.6. The molecule has 1 aromatic carbocycles. The Morgan fingerprint density at radius 1 is 0.941 bits per heavy atom. The van der Waals surface area contributed by atoms with Crippen molar-refractivity contribution in [1.29, 1.82) is 0 Å². The van der Waals surface area contributed by atoms with E-state index in [-0.39, 0.29) is 6.29 Å². The first-order chi connectivity index (χ1) is 8.30. The van der Waals surface area contributed by atoms with Gasteiger partial charge in [0.2, 0.25) is 0 Å². The minimum atomic E-state index is -0.342. The summed E-state index contributed by atoms with van der Waals surface area (Å²) in [5, 5.41) is 0. The lowest BCUT2D eigenvalue weighted by molar-refractivity contribution is -0.121. The van der Waals surface area contributed by atoms with Crippen LogP contribution >= 0.6 is 0 Å². The molecule has 0 bridgehead atoms. The summed E-state index contributed by atoms with van der Waals surface area (Å²) in [5.74, 6) is 1.63. The first-order valence-corrected chi connectivity index (χ1v) is 5.71. The number of benzene rings is 1. The minimum Gasteiger partial charge on any atom is -0.494 e. The van der Waals surface area contributed by atoms with Gasteiger partial charge >= 0.3 is 0 Å². The Labute approximate surface area is 102 Å². The molecule has 4 heteroatoms. The highest BCUT2D eigenvalue weighted by Gasteiger charge is 2.05. The molecule has 0 N–H and O–H groups in total. The Morgan fingerprint density at radius 2 is 1.47 bits per heavy atom. The highest BCUT2D eigenvalue weighted by atomic mass is 16.7. The van der Waals surface area contributed by atoms with Gasteiger partial charge in [-0.3, -0.25) is 0 Å². The highest BCUT2D eigenvalue weighted by Crippen LogP contribution is 2.18. The van der Waals surface area contributed by atoms with Crippen LogP contribution in [-0.2, 0) is 9.47 Å². The summed E-state index contributed by atoms with van der Waals surface area (Å²) in [5.41, 5.74) is 0. The van der Waals surface area contributed by atoms with E-state index in [1.807, 2.05) is 24.3 Å². The van der Waals surface area contributed by atoms with Crippen molar-refractivity contribution in [2.75, 3.05) is 27.4 Å². The van der Waals surface area contributed by atoms with Crippen molar-refractivity contribution in [2.45, 2.75) is 19.6 Å². The van der Waals surface area contributed by atoms with Crippen LogP contribution in [0.4, 0.5) is 0 Å². The van der Waals surface area contributed by atoms with Crippen LogP contribution in [0.25, 0.3) is 0 Å². The summed E-state index contributed by atoms with van der Waals surface area (Å²) in [6, 6.07) is 7.51. The zero-order chi connectivity index (χ0) is 12.5. The van der Waals surface area contributed by atoms with E-state index in [1.165, 1.54) is 0 Å². The molecule has 0 atom stereocenters. The molecule has 0 spiro atoms. The predicted molar refractivity (Wildman–Crippen MR) is 65.5 cm³/mol. The Bertz CT molecular complexity index is 293. The van der Waals surface area contributed by atoms with Crippen LogP contribution < -0.4 is 9.47 Å². The molecule has 4 nitrogen and oxygen atoms in total. The third kappa shape index (κ3) is 5.06. The second kappa shape index (κ2) is 7.92. The van der Waals surface area contributed by atoms with Crippen LogP contribution in [-0.4, -0.2) is 33.7 Å². The monoisotopic (exact) mass is 240 g/mol. The number of methoxy groups -OCH3 is 2. The average Bonchev–Trinajstić information content (AvgIpc) is 2.39. The number of rotatable bonds is 8. The molecular weight excluding hydrogens is 220 g/mol. The molecule has 0 unspecified atom stereocenters. The average molecular weight is 240 g/mol. The zero-order valence-electron chi connectivity index (χ0n) is 10.6. The van der Waals surface area contributed by atoms with Crippen molar-refractivity contribution >= 4 is 0 Å². The smallest absolute Gasteiger partial charge is 0.191 e.